The van der Waals surface area contributed by atoms with E-state index in [0.29, 0.717) is 17.3 Å². The molecule has 0 radical (unpaired) electrons. The van der Waals surface area contributed by atoms with Gasteiger partial charge in [-0.15, -0.1) is 11.8 Å². The van der Waals surface area contributed by atoms with Crippen LogP contribution in [0.1, 0.15) is 26.7 Å². The summed E-state index contributed by atoms with van der Waals surface area (Å²) in [5.74, 6) is 1.09. The molecule has 0 aromatic carbocycles. The fourth-order valence-electron chi connectivity index (χ4n) is 1.35. The number of esters is 1. The monoisotopic (exact) mass is 248 g/mol. The van der Waals surface area contributed by atoms with Crippen molar-refractivity contribution in [2.75, 3.05) is 18.1 Å². The van der Waals surface area contributed by atoms with Gasteiger partial charge in [0.05, 0.1) is 6.61 Å². The van der Waals surface area contributed by atoms with Crippen molar-refractivity contribution in [3.05, 3.63) is 9.81 Å². The van der Waals surface area contributed by atoms with E-state index in [4.69, 9.17) is 4.74 Å². The lowest BCUT2D eigenvalue weighted by molar-refractivity contribution is -0.137. The first kappa shape index (κ1) is 12.9. The average Bonchev–Trinajstić information content (AvgIpc) is 2.21. The normalized spacial score (nSPS) is 21.7. The Morgan fingerprint density at radius 2 is 2.33 bits per heavy atom. The molecule has 0 fully saturated rings. The first-order valence-electron chi connectivity index (χ1n) is 5.12. The minimum absolute atomic E-state index is 0.306. The lowest BCUT2D eigenvalue weighted by atomic mass is 10.3. The lowest BCUT2D eigenvalue weighted by Crippen LogP contribution is -2.21. The van der Waals surface area contributed by atoms with Crippen molar-refractivity contribution in [1.29, 1.82) is 0 Å². The molecule has 0 aliphatic carbocycles. The third kappa shape index (κ3) is 3.43. The van der Waals surface area contributed by atoms with Crippen LogP contribution in [0, 0.1) is 0 Å². The molecule has 1 heterocycles. The molecular formula is C10H16O3S2. The van der Waals surface area contributed by atoms with Gasteiger partial charge in [-0.05, 0) is 24.5 Å². The molecule has 0 saturated heterocycles. The lowest BCUT2D eigenvalue weighted by Gasteiger charge is -2.21. The predicted octanol–water partition coefficient (Wildman–Crippen LogP) is 2.06. The molecule has 0 aromatic rings. The van der Waals surface area contributed by atoms with E-state index in [9.17, 15) is 9.35 Å². The fraction of sp³-hybridized carbons (Fsp3) is 0.700. The number of carbonyl (C=O) groups excluding carboxylic acids is 1. The zero-order valence-corrected chi connectivity index (χ0v) is 10.7. The van der Waals surface area contributed by atoms with E-state index in [-0.39, 0.29) is 5.97 Å². The van der Waals surface area contributed by atoms with Crippen LogP contribution in [0.25, 0.3) is 0 Å². The summed E-state index contributed by atoms with van der Waals surface area (Å²) in [6.45, 7) is 4.17. The summed E-state index contributed by atoms with van der Waals surface area (Å²) < 4.78 is 16.7. The van der Waals surface area contributed by atoms with E-state index in [2.05, 4.69) is 0 Å². The first-order chi connectivity index (χ1) is 7.20. The highest BCUT2D eigenvalue weighted by molar-refractivity contribution is 8.07. The number of rotatable bonds is 4. The number of thioether (sulfide) groups is 1. The van der Waals surface area contributed by atoms with Crippen LogP contribution in [0.2, 0.25) is 0 Å². The Kier molecular flexibility index (Phi) is 5.56. The van der Waals surface area contributed by atoms with E-state index < -0.39 is 11.2 Å². The molecule has 0 bridgehead atoms. The molecule has 1 unspecified atom stereocenters. The maximum absolute atomic E-state index is 11.7. The van der Waals surface area contributed by atoms with Crippen LogP contribution >= 0.6 is 11.8 Å². The van der Waals surface area contributed by atoms with Gasteiger partial charge in [0.25, 0.3) is 0 Å². The van der Waals surface area contributed by atoms with Gasteiger partial charge in [-0.3, -0.25) is 0 Å². The summed E-state index contributed by atoms with van der Waals surface area (Å²) in [6.07, 6.45) is 1.64. The molecule has 15 heavy (non-hydrogen) atoms. The highest BCUT2D eigenvalue weighted by atomic mass is 32.2. The van der Waals surface area contributed by atoms with Gasteiger partial charge in [0.1, 0.15) is 10.7 Å². The molecule has 1 aliphatic rings. The molecule has 0 spiro atoms. The highest BCUT2D eigenvalue weighted by Gasteiger charge is 2.30. The van der Waals surface area contributed by atoms with Crippen LogP contribution in [-0.4, -0.2) is 28.6 Å². The van der Waals surface area contributed by atoms with E-state index in [0.717, 1.165) is 23.5 Å². The summed E-state index contributed by atoms with van der Waals surface area (Å²) in [7, 11) is 0. The van der Waals surface area contributed by atoms with Gasteiger partial charge in [0, 0.05) is 12.2 Å². The summed E-state index contributed by atoms with van der Waals surface area (Å²) in [4.78, 5) is 13.0. The molecule has 5 heteroatoms. The van der Waals surface area contributed by atoms with Gasteiger partial charge in [0.2, 0.25) is 0 Å². The maximum Gasteiger partial charge on any atom is 0.349 e. The van der Waals surface area contributed by atoms with Gasteiger partial charge in [-0.25, -0.2) is 4.79 Å². The van der Waals surface area contributed by atoms with Gasteiger partial charge in [0.15, 0.2) is 4.91 Å². The Bertz CT molecular complexity index is 263. The van der Waals surface area contributed by atoms with Crippen molar-refractivity contribution in [2.24, 2.45) is 0 Å². The smallest absolute Gasteiger partial charge is 0.349 e. The molecule has 1 atom stereocenters. The molecule has 86 valence electrons. The number of ether oxygens (including phenoxy) is 1. The Hall–Kier alpha value is -0.130. The summed E-state index contributed by atoms with van der Waals surface area (Å²) in [5.41, 5.74) is 0. The van der Waals surface area contributed by atoms with Gasteiger partial charge >= 0.3 is 5.97 Å². The van der Waals surface area contributed by atoms with Crippen molar-refractivity contribution in [3.8, 4) is 0 Å². The molecular weight excluding hydrogens is 232 g/mol. The number of allylic oxidation sites excluding steroid dienone is 1. The van der Waals surface area contributed by atoms with Crippen LogP contribution in [0.4, 0.5) is 0 Å². The number of hydrogen-bond donors (Lipinski definition) is 0. The third-order valence-corrected chi connectivity index (χ3v) is 5.01. The van der Waals surface area contributed by atoms with Crippen LogP contribution in [0.15, 0.2) is 9.81 Å². The zero-order valence-electron chi connectivity index (χ0n) is 9.08. The Labute approximate surface area is 97.8 Å². The van der Waals surface area contributed by atoms with Crippen molar-refractivity contribution in [1.82, 2.24) is 0 Å². The minimum atomic E-state index is -0.974. The molecule has 3 nitrogen and oxygen atoms in total. The summed E-state index contributed by atoms with van der Waals surface area (Å²) in [6, 6.07) is 0. The Morgan fingerprint density at radius 1 is 1.60 bits per heavy atom. The Morgan fingerprint density at radius 3 is 2.93 bits per heavy atom. The third-order valence-electron chi connectivity index (χ3n) is 1.98. The van der Waals surface area contributed by atoms with Gasteiger partial charge in [-0.2, -0.15) is 0 Å². The van der Waals surface area contributed by atoms with Crippen molar-refractivity contribution >= 4 is 28.9 Å². The second-order valence-electron chi connectivity index (χ2n) is 3.12. The van der Waals surface area contributed by atoms with Gasteiger partial charge in [-0.1, -0.05) is 6.92 Å². The largest absolute Gasteiger partial charge is 0.612 e. The highest BCUT2D eigenvalue weighted by Crippen LogP contribution is 2.33. The van der Waals surface area contributed by atoms with Crippen molar-refractivity contribution in [3.63, 3.8) is 0 Å². The minimum Gasteiger partial charge on any atom is -0.612 e. The predicted molar refractivity (Wildman–Crippen MR) is 64.0 cm³/mol. The molecule has 0 saturated carbocycles. The molecule has 0 amide bonds. The second kappa shape index (κ2) is 6.45. The Balaban J connectivity index is 2.85. The topological polar surface area (TPSA) is 49.4 Å². The second-order valence-corrected chi connectivity index (χ2v) is 5.82. The average molecular weight is 248 g/mol. The van der Waals surface area contributed by atoms with Crippen LogP contribution in [0.5, 0.6) is 0 Å². The standard InChI is InChI=1S/C10H16O3S2/c1-3-5-8-9(10(11)13-4-2)14-6-7-15(8)12/h3-7H2,1-2H3. The molecule has 1 aliphatic heterocycles. The van der Waals surface area contributed by atoms with Gasteiger partial charge < -0.3 is 9.29 Å². The van der Waals surface area contributed by atoms with E-state index in [1.54, 1.807) is 6.92 Å². The van der Waals surface area contributed by atoms with Crippen LogP contribution in [0.3, 0.4) is 0 Å². The quantitative estimate of drug-likeness (QED) is 0.564. The van der Waals surface area contributed by atoms with E-state index >= 15 is 0 Å². The SMILES string of the molecule is CCCC1=C(C(=O)OCC)SCC[S+]1[O-]. The summed E-state index contributed by atoms with van der Waals surface area (Å²) in [5, 5.41) is 0. The molecule has 0 N–H and O–H groups in total. The molecule has 1 rings (SSSR count). The zero-order chi connectivity index (χ0) is 11.3. The number of hydrogen-bond acceptors (Lipinski definition) is 4. The summed E-state index contributed by atoms with van der Waals surface area (Å²) >= 11 is 0.501. The first-order valence-corrected chi connectivity index (χ1v) is 7.42. The number of carbonyl (C=O) groups is 1. The van der Waals surface area contributed by atoms with Crippen molar-refractivity contribution in [2.45, 2.75) is 26.7 Å². The van der Waals surface area contributed by atoms with Crippen LogP contribution in [-0.2, 0) is 20.7 Å². The maximum atomic E-state index is 11.7. The van der Waals surface area contributed by atoms with E-state index in [1.807, 2.05) is 6.92 Å². The van der Waals surface area contributed by atoms with Crippen LogP contribution < -0.4 is 0 Å². The molecule has 0 aromatic heterocycles. The van der Waals surface area contributed by atoms with Crippen molar-refractivity contribution < 1.29 is 14.1 Å². The fourth-order valence-corrected chi connectivity index (χ4v) is 4.36. The van der Waals surface area contributed by atoms with E-state index in [1.165, 1.54) is 11.8 Å².